The van der Waals surface area contributed by atoms with Crippen molar-refractivity contribution in [3.05, 3.63) is 39.7 Å². The summed E-state index contributed by atoms with van der Waals surface area (Å²) in [4.78, 5) is 24.7. The molecule has 0 spiro atoms. The SMILES string of the molecule is CCC1CCCCCN1C(=O)c1cc(F)ccc1[N+](=O)[O-]. The molecular weight excluding hydrogens is 275 g/mol. The van der Waals surface area contributed by atoms with E-state index < -0.39 is 16.6 Å². The summed E-state index contributed by atoms with van der Waals surface area (Å²) in [5.41, 5.74) is -0.485. The van der Waals surface area contributed by atoms with Crippen molar-refractivity contribution in [2.24, 2.45) is 0 Å². The Morgan fingerprint density at radius 2 is 2.19 bits per heavy atom. The Kier molecular flexibility index (Phi) is 4.88. The number of benzene rings is 1. The molecule has 1 heterocycles. The van der Waals surface area contributed by atoms with E-state index in [0.717, 1.165) is 50.3 Å². The Morgan fingerprint density at radius 1 is 1.43 bits per heavy atom. The molecule has 1 atom stereocenters. The lowest BCUT2D eigenvalue weighted by Gasteiger charge is -2.29. The van der Waals surface area contributed by atoms with Crippen LogP contribution in [-0.4, -0.2) is 28.3 Å². The van der Waals surface area contributed by atoms with Gasteiger partial charge in [-0.1, -0.05) is 19.8 Å². The molecule has 1 aliphatic heterocycles. The van der Waals surface area contributed by atoms with Crippen LogP contribution in [0.4, 0.5) is 10.1 Å². The summed E-state index contributed by atoms with van der Waals surface area (Å²) in [6.07, 6.45) is 4.67. The number of carbonyl (C=O) groups excluding carboxylic acids is 1. The highest BCUT2D eigenvalue weighted by atomic mass is 19.1. The van der Waals surface area contributed by atoms with Gasteiger partial charge in [0.15, 0.2) is 0 Å². The van der Waals surface area contributed by atoms with Crippen LogP contribution in [0.5, 0.6) is 0 Å². The van der Waals surface area contributed by atoms with Crippen LogP contribution in [0.15, 0.2) is 18.2 Å². The van der Waals surface area contributed by atoms with Gasteiger partial charge in [0.1, 0.15) is 11.4 Å². The number of hydrogen-bond donors (Lipinski definition) is 0. The van der Waals surface area contributed by atoms with Crippen LogP contribution in [0, 0.1) is 15.9 Å². The number of rotatable bonds is 3. The third-order valence-corrected chi connectivity index (χ3v) is 3.99. The van der Waals surface area contributed by atoms with Gasteiger partial charge in [-0.2, -0.15) is 0 Å². The Bertz CT molecular complexity index is 548. The molecule has 0 aliphatic carbocycles. The number of nitro benzene ring substituents is 1. The van der Waals surface area contributed by atoms with Crippen LogP contribution in [-0.2, 0) is 0 Å². The summed E-state index contributed by atoms with van der Waals surface area (Å²) in [6, 6.07) is 3.11. The van der Waals surface area contributed by atoms with Gasteiger partial charge in [-0.25, -0.2) is 4.39 Å². The van der Waals surface area contributed by atoms with Crippen molar-refractivity contribution in [3.63, 3.8) is 0 Å². The molecule has 1 unspecified atom stereocenters. The summed E-state index contributed by atoms with van der Waals surface area (Å²) in [5.74, 6) is -1.07. The zero-order valence-electron chi connectivity index (χ0n) is 12.0. The average molecular weight is 294 g/mol. The molecule has 1 aromatic rings. The monoisotopic (exact) mass is 294 g/mol. The molecule has 0 saturated carbocycles. The first kappa shape index (κ1) is 15.4. The molecule has 0 radical (unpaired) electrons. The fraction of sp³-hybridized carbons (Fsp3) is 0.533. The number of amides is 1. The minimum absolute atomic E-state index is 0.0721. The number of hydrogen-bond acceptors (Lipinski definition) is 3. The van der Waals surface area contributed by atoms with Crippen LogP contribution >= 0.6 is 0 Å². The molecule has 114 valence electrons. The summed E-state index contributed by atoms with van der Waals surface area (Å²) in [5, 5.41) is 11.1. The van der Waals surface area contributed by atoms with E-state index in [4.69, 9.17) is 0 Å². The quantitative estimate of drug-likeness (QED) is 0.633. The molecule has 1 amide bonds. The Morgan fingerprint density at radius 3 is 2.86 bits per heavy atom. The van der Waals surface area contributed by atoms with Crippen molar-refractivity contribution < 1.29 is 14.1 Å². The summed E-state index contributed by atoms with van der Waals surface area (Å²) < 4.78 is 13.4. The standard InChI is InChI=1S/C15H19FN2O3/c1-2-12-6-4-3-5-9-17(12)15(19)13-10-11(16)7-8-14(13)18(20)21/h7-8,10,12H,2-6,9H2,1H3. The maximum absolute atomic E-state index is 13.4. The van der Waals surface area contributed by atoms with Crippen molar-refractivity contribution in [1.29, 1.82) is 0 Å². The normalized spacial score (nSPS) is 19.1. The zero-order valence-corrected chi connectivity index (χ0v) is 12.0. The van der Waals surface area contributed by atoms with E-state index in [1.54, 1.807) is 4.90 Å². The second-order valence-corrected chi connectivity index (χ2v) is 5.33. The highest BCUT2D eigenvalue weighted by Crippen LogP contribution is 2.26. The van der Waals surface area contributed by atoms with Gasteiger partial charge in [0.2, 0.25) is 0 Å². The van der Waals surface area contributed by atoms with E-state index in [1.165, 1.54) is 0 Å². The molecule has 1 saturated heterocycles. The fourth-order valence-electron chi connectivity index (χ4n) is 2.86. The van der Waals surface area contributed by atoms with E-state index in [1.807, 2.05) is 6.92 Å². The molecule has 1 aliphatic rings. The lowest BCUT2D eigenvalue weighted by atomic mass is 10.1. The second kappa shape index (κ2) is 6.65. The van der Waals surface area contributed by atoms with Gasteiger partial charge in [-0.05, 0) is 31.4 Å². The molecule has 0 aromatic heterocycles. The Hall–Kier alpha value is -1.98. The predicted octanol–water partition coefficient (Wildman–Crippen LogP) is 3.53. The topological polar surface area (TPSA) is 63.5 Å². The van der Waals surface area contributed by atoms with E-state index in [0.29, 0.717) is 6.54 Å². The second-order valence-electron chi connectivity index (χ2n) is 5.33. The number of nitro groups is 1. The van der Waals surface area contributed by atoms with Crippen LogP contribution in [0.2, 0.25) is 0 Å². The number of likely N-dealkylation sites (tertiary alicyclic amines) is 1. The van der Waals surface area contributed by atoms with E-state index in [2.05, 4.69) is 0 Å². The highest BCUT2D eigenvalue weighted by Gasteiger charge is 2.30. The first-order valence-corrected chi connectivity index (χ1v) is 7.29. The highest BCUT2D eigenvalue weighted by molar-refractivity contribution is 5.98. The average Bonchev–Trinajstić information content (AvgIpc) is 2.71. The van der Waals surface area contributed by atoms with Gasteiger partial charge >= 0.3 is 0 Å². The molecular formula is C15H19FN2O3. The predicted molar refractivity (Wildman–Crippen MR) is 76.6 cm³/mol. The van der Waals surface area contributed by atoms with Crippen LogP contribution in [0.3, 0.4) is 0 Å². The Labute approximate surface area is 122 Å². The van der Waals surface area contributed by atoms with Crippen molar-refractivity contribution in [3.8, 4) is 0 Å². The molecule has 1 fully saturated rings. The van der Waals surface area contributed by atoms with Gasteiger partial charge in [-0.15, -0.1) is 0 Å². The van der Waals surface area contributed by atoms with Gasteiger partial charge in [0.25, 0.3) is 11.6 Å². The van der Waals surface area contributed by atoms with Crippen molar-refractivity contribution in [2.75, 3.05) is 6.54 Å². The first-order valence-electron chi connectivity index (χ1n) is 7.29. The van der Waals surface area contributed by atoms with Crippen molar-refractivity contribution >= 4 is 11.6 Å². The number of nitrogens with zero attached hydrogens (tertiary/aromatic N) is 2. The van der Waals surface area contributed by atoms with E-state index >= 15 is 0 Å². The molecule has 2 rings (SSSR count). The zero-order chi connectivity index (χ0) is 15.4. The van der Waals surface area contributed by atoms with Gasteiger partial charge in [0, 0.05) is 18.7 Å². The third-order valence-electron chi connectivity index (χ3n) is 3.99. The van der Waals surface area contributed by atoms with Crippen LogP contribution in [0.25, 0.3) is 0 Å². The van der Waals surface area contributed by atoms with E-state index in [9.17, 15) is 19.3 Å². The van der Waals surface area contributed by atoms with Crippen LogP contribution in [0.1, 0.15) is 49.4 Å². The summed E-state index contributed by atoms with van der Waals surface area (Å²) in [6.45, 7) is 2.57. The van der Waals surface area contributed by atoms with Gasteiger partial charge in [-0.3, -0.25) is 14.9 Å². The van der Waals surface area contributed by atoms with Crippen molar-refractivity contribution in [1.82, 2.24) is 4.90 Å². The molecule has 5 nitrogen and oxygen atoms in total. The summed E-state index contributed by atoms with van der Waals surface area (Å²) in [7, 11) is 0. The minimum Gasteiger partial charge on any atom is -0.335 e. The Balaban J connectivity index is 2.37. The van der Waals surface area contributed by atoms with Crippen molar-refractivity contribution in [2.45, 2.75) is 45.1 Å². The molecule has 0 N–H and O–H groups in total. The number of carbonyl (C=O) groups is 1. The number of halogens is 1. The lowest BCUT2D eigenvalue weighted by Crippen LogP contribution is -2.40. The maximum atomic E-state index is 13.4. The molecule has 1 aromatic carbocycles. The minimum atomic E-state index is -0.633. The lowest BCUT2D eigenvalue weighted by molar-refractivity contribution is -0.385. The van der Waals surface area contributed by atoms with E-state index in [-0.39, 0.29) is 17.3 Å². The molecule has 21 heavy (non-hydrogen) atoms. The maximum Gasteiger partial charge on any atom is 0.282 e. The first-order chi connectivity index (χ1) is 10.0. The smallest absolute Gasteiger partial charge is 0.282 e. The third kappa shape index (κ3) is 3.37. The van der Waals surface area contributed by atoms with Crippen LogP contribution < -0.4 is 0 Å². The molecule has 0 bridgehead atoms. The summed E-state index contributed by atoms with van der Waals surface area (Å²) >= 11 is 0. The van der Waals surface area contributed by atoms with Gasteiger partial charge < -0.3 is 4.90 Å². The fourth-order valence-corrected chi connectivity index (χ4v) is 2.86. The molecule has 6 heteroatoms. The van der Waals surface area contributed by atoms with Gasteiger partial charge in [0.05, 0.1) is 4.92 Å². The largest absolute Gasteiger partial charge is 0.335 e.